The lowest BCUT2D eigenvalue weighted by Gasteiger charge is -2.14. The highest BCUT2D eigenvalue weighted by Gasteiger charge is 2.17. The van der Waals surface area contributed by atoms with Crippen molar-refractivity contribution >= 4 is 16.8 Å². The van der Waals surface area contributed by atoms with Gasteiger partial charge in [-0.05, 0) is 19.4 Å². The summed E-state index contributed by atoms with van der Waals surface area (Å²) in [5, 5.41) is 7.58. The first-order valence-electron chi connectivity index (χ1n) is 8.78. The number of para-hydroxylation sites is 1. The Balaban J connectivity index is 2.07. The van der Waals surface area contributed by atoms with Gasteiger partial charge < -0.3 is 9.84 Å². The summed E-state index contributed by atoms with van der Waals surface area (Å²) in [4.78, 5) is 29.3. The lowest BCUT2D eigenvalue weighted by molar-refractivity contribution is -0.122. The molecule has 0 saturated heterocycles. The quantitative estimate of drug-likeness (QED) is 0.735. The van der Waals surface area contributed by atoms with E-state index in [9.17, 15) is 9.59 Å². The molecule has 1 amide bonds. The molecule has 1 atom stereocenters. The Labute approximate surface area is 151 Å². The number of amides is 1. The van der Waals surface area contributed by atoms with Crippen LogP contribution < -0.4 is 10.9 Å². The first-order valence-corrected chi connectivity index (χ1v) is 8.78. The van der Waals surface area contributed by atoms with Crippen molar-refractivity contribution in [2.24, 2.45) is 0 Å². The highest BCUT2D eigenvalue weighted by molar-refractivity contribution is 5.93. The fraction of sp³-hybridized carbons (Fsp3) is 0.368. The number of nitrogens with zero attached hydrogens (tertiary/aromatic N) is 3. The first kappa shape index (κ1) is 17.8. The molecule has 136 valence electrons. The van der Waals surface area contributed by atoms with Gasteiger partial charge in [-0.15, -0.1) is 0 Å². The third kappa shape index (κ3) is 3.51. The van der Waals surface area contributed by atoms with Crippen molar-refractivity contribution in [3.8, 4) is 11.5 Å². The lowest BCUT2D eigenvalue weighted by atomic mass is 10.1. The molecule has 0 aliphatic rings. The highest BCUT2D eigenvalue weighted by Crippen LogP contribution is 2.26. The number of aromatic nitrogens is 3. The molecule has 7 heteroatoms. The van der Waals surface area contributed by atoms with Gasteiger partial charge in [0.05, 0.1) is 11.1 Å². The number of benzene rings is 1. The van der Waals surface area contributed by atoms with Crippen LogP contribution in [0, 0.1) is 0 Å². The summed E-state index contributed by atoms with van der Waals surface area (Å²) in [7, 11) is 0. The van der Waals surface area contributed by atoms with Gasteiger partial charge in [-0.2, -0.15) is 4.98 Å². The second-order valence-corrected chi connectivity index (χ2v) is 6.25. The van der Waals surface area contributed by atoms with E-state index in [1.807, 2.05) is 45.0 Å². The number of carbonyl (C=O) groups is 1. The van der Waals surface area contributed by atoms with Crippen LogP contribution in [0.15, 0.2) is 39.6 Å². The molecular formula is C19H22N4O3. The van der Waals surface area contributed by atoms with Crippen molar-refractivity contribution in [3.05, 3.63) is 46.5 Å². The predicted molar refractivity (Wildman–Crippen MR) is 98.8 cm³/mol. The standard InChI is InChI=1S/C19H22N4O3/c1-4-12(3)20-17(24)11-23-15-9-7-6-8-13(15)14(10-18(23)25)19-21-16(5-2)22-26-19/h6-10,12H,4-5,11H2,1-3H3,(H,20,24)/t12-/m1/s1. The Morgan fingerprint density at radius 2 is 2.08 bits per heavy atom. The predicted octanol–water partition coefficient (Wildman–Crippen LogP) is 2.53. The van der Waals surface area contributed by atoms with Gasteiger partial charge in [-0.3, -0.25) is 14.2 Å². The van der Waals surface area contributed by atoms with E-state index in [0.29, 0.717) is 29.2 Å². The summed E-state index contributed by atoms with van der Waals surface area (Å²) in [5.74, 6) is 0.706. The molecule has 0 radical (unpaired) electrons. The molecule has 0 unspecified atom stereocenters. The number of fused-ring (bicyclic) bond motifs is 1. The molecule has 0 saturated carbocycles. The molecule has 0 fully saturated rings. The Hall–Kier alpha value is -2.96. The number of rotatable bonds is 6. The summed E-state index contributed by atoms with van der Waals surface area (Å²) in [5.41, 5.74) is 0.955. The Morgan fingerprint density at radius 3 is 2.77 bits per heavy atom. The maximum Gasteiger partial charge on any atom is 0.258 e. The molecule has 1 aromatic carbocycles. The van der Waals surface area contributed by atoms with Crippen molar-refractivity contribution in [3.63, 3.8) is 0 Å². The van der Waals surface area contributed by atoms with Crippen LogP contribution in [0.4, 0.5) is 0 Å². The summed E-state index contributed by atoms with van der Waals surface area (Å²) in [6.07, 6.45) is 1.48. The van der Waals surface area contributed by atoms with Crippen molar-refractivity contribution in [1.29, 1.82) is 0 Å². The molecule has 2 heterocycles. The minimum atomic E-state index is -0.283. The Bertz CT molecular complexity index is 990. The number of carbonyl (C=O) groups excluding carboxylic acids is 1. The van der Waals surface area contributed by atoms with Gasteiger partial charge in [0, 0.05) is 23.9 Å². The van der Waals surface area contributed by atoms with E-state index in [-0.39, 0.29) is 24.1 Å². The van der Waals surface area contributed by atoms with E-state index in [1.54, 1.807) is 0 Å². The van der Waals surface area contributed by atoms with Crippen LogP contribution in [0.5, 0.6) is 0 Å². The molecule has 2 aromatic heterocycles. The number of hydrogen-bond donors (Lipinski definition) is 1. The van der Waals surface area contributed by atoms with Crippen molar-refractivity contribution in [2.45, 2.75) is 46.2 Å². The maximum absolute atomic E-state index is 12.7. The number of hydrogen-bond acceptors (Lipinski definition) is 5. The summed E-state index contributed by atoms with van der Waals surface area (Å²) >= 11 is 0. The second-order valence-electron chi connectivity index (χ2n) is 6.25. The average molecular weight is 354 g/mol. The number of aryl methyl sites for hydroxylation is 1. The lowest BCUT2D eigenvalue weighted by Crippen LogP contribution is -2.37. The monoisotopic (exact) mass is 354 g/mol. The second kappa shape index (κ2) is 7.51. The zero-order valence-corrected chi connectivity index (χ0v) is 15.2. The van der Waals surface area contributed by atoms with Gasteiger partial charge in [0.25, 0.3) is 11.4 Å². The van der Waals surface area contributed by atoms with Crippen LogP contribution in [-0.2, 0) is 17.8 Å². The summed E-state index contributed by atoms with van der Waals surface area (Å²) in [6.45, 7) is 5.83. The largest absolute Gasteiger partial charge is 0.352 e. The van der Waals surface area contributed by atoms with Crippen molar-refractivity contribution in [1.82, 2.24) is 20.0 Å². The zero-order valence-electron chi connectivity index (χ0n) is 15.2. The average Bonchev–Trinajstić information content (AvgIpc) is 3.12. The van der Waals surface area contributed by atoms with E-state index >= 15 is 0 Å². The van der Waals surface area contributed by atoms with Crippen molar-refractivity contribution in [2.75, 3.05) is 0 Å². The minimum absolute atomic E-state index is 0.0337. The zero-order chi connectivity index (χ0) is 18.7. The fourth-order valence-corrected chi connectivity index (χ4v) is 2.75. The molecule has 0 spiro atoms. The van der Waals surface area contributed by atoms with Crippen molar-refractivity contribution < 1.29 is 9.32 Å². The number of pyridine rings is 1. The third-order valence-electron chi connectivity index (χ3n) is 4.36. The molecule has 26 heavy (non-hydrogen) atoms. The maximum atomic E-state index is 12.7. The molecule has 3 rings (SSSR count). The third-order valence-corrected chi connectivity index (χ3v) is 4.36. The highest BCUT2D eigenvalue weighted by atomic mass is 16.5. The molecule has 3 aromatic rings. The topological polar surface area (TPSA) is 90.0 Å². The first-order chi connectivity index (χ1) is 12.5. The molecule has 7 nitrogen and oxygen atoms in total. The van der Waals surface area contributed by atoms with Crippen LogP contribution in [0.25, 0.3) is 22.4 Å². The molecule has 0 aliphatic heterocycles. The van der Waals surface area contributed by atoms with Crippen LogP contribution in [0.2, 0.25) is 0 Å². The SMILES string of the molecule is CCc1noc(-c2cc(=O)n(CC(=O)N[C@H](C)CC)c3ccccc23)n1. The minimum Gasteiger partial charge on any atom is -0.352 e. The molecular weight excluding hydrogens is 332 g/mol. The van der Waals surface area contributed by atoms with Crippen LogP contribution in [0.1, 0.15) is 33.0 Å². The summed E-state index contributed by atoms with van der Waals surface area (Å²) < 4.78 is 6.77. The van der Waals surface area contributed by atoms with Gasteiger partial charge in [-0.1, -0.05) is 37.2 Å². The molecule has 0 aliphatic carbocycles. The van der Waals surface area contributed by atoms with E-state index in [4.69, 9.17) is 4.52 Å². The van der Waals surface area contributed by atoms with Gasteiger partial charge in [0.2, 0.25) is 5.91 Å². The van der Waals surface area contributed by atoms with E-state index in [1.165, 1.54) is 10.6 Å². The Kier molecular flexibility index (Phi) is 5.16. The van der Waals surface area contributed by atoms with Crippen LogP contribution >= 0.6 is 0 Å². The van der Waals surface area contributed by atoms with Crippen LogP contribution in [0.3, 0.4) is 0 Å². The van der Waals surface area contributed by atoms with Gasteiger partial charge in [0.1, 0.15) is 6.54 Å². The Morgan fingerprint density at radius 1 is 1.31 bits per heavy atom. The van der Waals surface area contributed by atoms with Gasteiger partial charge in [-0.25, -0.2) is 0 Å². The smallest absolute Gasteiger partial charge is 0.258 e. The normalized spacial score (nSPS) is 12.3. The summed E-state index contributed by atoms with van der Waals surface area (Å²) in [6, 6.07) is 8.91. The van der Waals surface area contributed by atoms with E-state index < -0.39 is 0 Å². The van der Waals surface area contributed by atoms with E-state index in [0.717, 1.165) is 11.8 Å². The van der Waals surface area contributed by atoms with Gasteiger partial charge >= 0.3 is 0 Å². The molecule has 1 N–H and O–H groups in total. The number of nitrogens with one attached hydrogen (secondary N) is 1. The molecule has 0 bridgehead atoms. The fourth-order valence-electron chi connectivity index (χ4n) is 2.75. The van der Waals surface area contributed by atoms with E-state index in [2.05, 4.69) is 15.5 Å². The van der Waals surface area contributed by atoms with Gasteiger partial charge in [0.15, 0.2) is 5.82 Å². The van der Waals surface area contributed by atoms with Crippen LogP contribution in [-0.4, -0.2) is 26.7 Å².